The number of carbonyl (C=O) groups is 1. The van der Waals surface area contributed by atoms with Crippen LogP contribution in [0.15, 0.2) is 36.9 Å². The molecule has 0 radical (unpaired) electrons. The van der Waals surface area contributed by atoms with E-state index in [1.165, 1.54) is 19.3 Å². The number of rotatable bonds is 6. The summed E-state index contributed by atoms with van der Waals surface area (Å²) < 4.78 is 0. The van der Waals surface area contributed by atoms with Crippen LogP contribution < -0.4 is 4.90 Å². The fourth-order valence-electron chi connectivity index (χ4n) is 3.21. The second-order valence-electron chi connectivity index (χ2n) is 6.35. The molecule has 0 bridgehead atoms. The van der Waals surface area contributed by atoms with Crippen LogP contribution >= 0.6 is 0 Å². The van der Waals surface area contributed by atoms with Crippen molar-refractivity contribution >= 4 is 11.8 Å². The molecule has 25 heavy (non-hydrogen) atoms. The molecule has 7 heteroatoms. The van der Waals surface area contributed by atoms with Gasteiger partial charge in [-0.15, -0.1) is 0 Å². The predicted molar refractivity (Wildman–Crippen MR) is 94.2 cm³/mol. The molecule has 3 heterocycles. The van der Waals surface area contributed by atoms with Gasteiger partial charge < -0.3 is 10.0 Å². The molecule has 0 aromatic carbocycles. The molecule has 2 aromatic rings. The van der Waals surface area contributed by atoms with Gasteiger partial charge in [-0.25, -0.2) is 4.98 Å². The van der Waals surface area contributed by atoms with Crippen LogP contribution in [0.1, 0.15) is 36.6 Å². The van der Waals surface area contributed by atoms with Crippen LogP contribution in [-0.2, 0) is 11.3 Å². The summed E-state index contributed by atoms with van der Waals surface area (Å²) in [6.07, 6.45) is 10.2. The minimum atomic E-state index is -0.904. The van der Waals surface area contributed by atoms with E-state index >= 15 is 0 Å². The number of piperidine rings is 1. The molecule has 0 saturated carbocycles. The van der Waals surface area contributed by atoms with E-state index in [9.17, 15) is 9.90 Å². The maximum Gasteiger partial charge on any atom is 0.325 e. The van der Waals surface area contributed by atoms with Crippen molar-refractivity contribution in [1.82, 2.24) is 19.9 Å². The molecule has 0 spiro atoms. The molecule has 1 aliphatic heterocycles. The molecular weight excluding hydrogens is 318 g/mol. The number of nitrogens with zero attached hydrogens (tertiary/aromatic N) is 5. The van der Waals surface area contributed by atoms with E-state index in [0.717, 1.165) is 24.6 Å². The highest BCUT2D eigenvalue weighted by molar-refractivity contribution is 5.75. The van der Waals surface area contributed by atoms with Gasteiger partial charge in [0.05, 0.1) is 5.69 Å². The Labute approximate surface area is 147 Å². The smallest absolute Gasteiger partial charge is 0.325 e. The highest BCUT2D eigenvalue weighted by Gasteiger charge is 2.26. The Kier molecular flexibility index (Phi) is 5.55. The Hall–Kier alpha value is -2.54. The van der Waals surface area contributed by atoms with Gasteiger partial charge >= 0.3 is 5.97 Å². The van der Waals surface area contributed by atoms with E-state index in [2.05, 4.69) is 19.9 Å². The summed E-state index contributed by atoms with van der Waals surface area (Å²) in [5.74, 6) is 0.0167. The van der Waals surface area contributed by atoms with E-state index < -0.39 is 12.0 Å². The second-order valence-corrected chi connectivity index (χ2v) is 6.35. The Balaban J connectivity index is 1.74. The standard InChI is InChI=1S/C18H23N5O2/c1-22(13-15-12-19-7-8-20-15)17(18(24)25)14-5-6-16(21-11-14)23-9-3-2-4-10-23/h5-8,11-12,17H,2-4,9-10,13H2,1H3,(H,24,25). The Morgan fingerprint density at radius 1 is 1.20 bits per heavy atom. The van der Waals surface area contributed by atoms with Crippen LogP contribution in [-0.4, -0.2) is 51.1 Å². The number of aliphatic carboxylic acids is 1. The Morgan fingerprint density at radius 3 is 2.60 bits per heavy atom. The Bertz CT molecular complexity index is 686. The monoisotopic (exact) mass is 341 g/mol. The average molecular weight is 341 g/mol. The fourth-order valence-corrected chi connectivity index (χ4v) is 3.21. The van der Waals surface area contributed by atoms with Crippen molar-refractivity contribution in [2.24, 2.45) is 0 Å². The van der Waals surface area contributed by atoms with E-state index in [0.29, 0.717) is 12.1 Å². The average Bonchev–Trinajstić information content (AvgIpc) is 2.64. The SMILES string of the molecule is CN(Cc1cnccn1)C(C(=O)O)c1ccc(N2CCCCC2)nc1. The summed E-state index contributed by atoms with van der Waals surface area (Å²) in [7, 11) is 1.77. The zero-order chi connectivity index (χ0) is 17.6. The first-order valence-electron chi connectivity index (χ1n) is 8.54. The molecule has 2 aromatic heterocycles. The van der Waals surface area contributed by atoms with Gasteiger partial charge in [-0.05, 0) is 37.9 Å². The number of carboxylic acids is 1. The van der Waals surface area contributed by atoms with Gasteiger partial charge in [-0.3, -0.25) is 19.7 Å². The summed E-state index contributed by atoms with van der Waals surface area (Å²) in [5, 5.41) is 9.68. The normalized spacial score (nSPS) is 16.0. The zero-order valence-electron chi connectivity index (χ0n) is 14.4. The number of hydrogen-bond donors (Lipinski definition) is 1. The third-order valence-corrected chi connectivity index (χ3v) is 4.47. The van der Waals surface area contributed by atoms with Gasteiger partial charge in [0, 0.05) is 44.4 Å². The number of aromatic nitrogens is 3. The Morgan fingerprint density at radius 2 is 2.00 bits per heavy atom. The molecule has 0 amide bonds. The molecule has 1 unspecified atom stereocenters. The first-order chi connectivity index (χ1) is 12.1. The van der Waals surface area contributed by atoms with Crippen LogP contribution in [0.25, 0.3) is 0 Å². The maximum absolute atomic E-state index is 11.8. The maximum atomic E-state index is 11.8. The fraction of sp³-hybridized carbons (Fsp3) is 0.444. The third kappa shape index (κ3) is 4.30. The lowest BCUT2D eigenvalue weighted by Crippen LogP contribution is -2.32. The topological polar surface area (TPSA) is 82.5 Å². The zero-order valence-corrected chi connectivity index (χ0v) is 14.4. The molecule has 1 N–H and O–H groups in total. The largest absolute Gasteiger partial charge is 0.480 e. The van der Waals surface area contributed by atoms with Gasteiger partial charge in [0.2, 0.25) is 0 Å². The van der Waals surface area contributed by atoms with Crippen molar-refractivity contribution in [3.05, 3.63) is 48.2 Å². The summed E-state index contributed by atoms with van der Waals surface area (Å²) in [6.45, 7) is 2.43. The lowest BCUT2D eigenvalue weighted by atomic mass is 10.1. The lowest BCUT2D eigenvalue weighted by molar-refractivity contribution is -0.143. The molecule has 1 fully saturated rings. The highest BCUT2D eigenvalue weighted by atomic mass is 16.4. The second kappa shape index (κ2) is 8.02. The first kappa shape index (κ1) is 17.3. The van der Waals surface area contributed by atoms with Crippen molar-refractivity contribution in [1.29, 1.82) is 0 Å². The van der Waals surface area contributed by atoms with E-state index in [-0.39, 0.29) is 0 Å². The number of likely N-dealkylation sites (N-methyl/N-ethyl adjacent to an activating group) is 1. The lowest BCUT2D eigenvalue weighted by Gasteiger charge is -2.28. The van der Waals surface area contributed by atoms with Gasteiger partial charge in [0.1, 0.15) is 11.9 Å². The van der Waals surface area contributed by atoms with Crippen molar-refractivity contribution in [3.63, 3.8) is 0 Å². The summed E-state index contributed by atoms with van der Waals surface area (Å²) in [4.78, 5) is 28.5. The van der Waals surface area contributed by atoms with Gasteiger partial charge in [0.15, 0.2) is 0 Å². The number of pyridine rings is 1. The van der Waals surface area contributed by atoms with Gasteiger partial charge in [-0.2, -0.15) is 0 Å². The molecule has 3 rings (SSSR count). The van der Waals surface area contributed by atoms with Crippen LogP contribution in [0.4, 0.5) is 5.82 Å². The molecule has 1 saturated heterocycles. The van der Waals surface area contributed by atoms with Crippen molar-refractivity contribution in [2.45, 2.75) is 31.8 Å². The molecule has 132 valence electrons. The van der Waals surface area contributed by atoms with Crippen LogP contribution in [0.2, 0.25) is 0 Å². The number of hydrogen-bond acceptors (Lipinski definition) is 6. The van der Waals surface area contributed by atoms with E-state index in [4.69, 9.17) is 0 Å². The van der Waals surface area contributed by atoms with Crippen LogP contribution in [0.3, 0.4) is 0 Å². The predicted octanol–water partition coefficient (Wildman–Crippen LogP) is 2.12. The van der Waals surface area contributed by atoms with Crippen LogP contribution in [0.5, 0.6) is 0 Å². The quantitative estimate of drug-likeness (QED) is 0.861. The van der Waals surface area contributed by atoms with E-state index in [1.54, 1.807) is 36.7 Å². The number of carboxylic acid groups (broad SMARTS) is 1. The summed E-state index contributed by atoms with van der Waals surface area (Å²) in [6, 6.07) is 3.01. The van der Waals surface area contributed by atoms with E-state index in [1.807, 2.05) is 12.1 Å². The molecular formula is C18H23N5O2. The number of anilines is 1. The summed E-state index contributed by atoms with van der Waals surface area (Å²) in [5.41, 5.74) is 1.40. The van der Waals surface area contributed by atoms with Crippen molar-refractivity contribution in [2.75, 3.05) is 25.0 Å². The summed E-state index contributed by atoms with van der Waals surface area (Å²) >= 11 is 0. The third-order valence-electron chi connectivity index (χ3n) is 4.47. The van der Waals surface area contributed by atoms with Crippen LogP contribution in [0, 0.1) is 0 Å². The minimum Gasteiger partial charge on any atom is -0.480 e. The van der Waals surface area contributed by atoms with Crippen molar-refractivity contribution in [3.8, 4) is 0 Å². The molecule has 0 aliphatic carbocycles. The molecule has 1 atom stereocenters. The molecule has 1 aliphatic rings. The highest BCUT2D eigenvalue weighted by Crippen LogP contribution is 2.24. The molecule has 7 nitrogen and oxygen atoms in total. The van der Waals surface area contributed by atoms with Gasteiger partial charge in [-0.1, -0.05) is 6.07 Å². The first-order valence-corrected chi connectivity index (χ1v) is 8.54. The van der Waals surface area contributed by atoms with Gasteiger partial charge in [0.25, 0.3) is 0 Å². The minimum absolute atomic E-state index is 0.401. The van der Waals surface area contributed by atoms with Crippen molar-refractivity contribution < 1.29 is 9.90 Å².